The van der Waals surface area contributed by atoms with E-state index in [-0.39, 0.29) is 12.4 Å². The van der Waals surface area contributed by atoms with Gasteiger partial charge in [-0.2, -0.15) is 0 Å². The molecular formula is C22H19ClFNO3. The van der Waals surface area contributed by atoms with Gasteiger partial charge < -0.3 is 14.2 Å². The highest BCUT2D eigenvalue weighted by Crippen LogP contribution is 2.36. The Morgan fingerprint density at radius 1 is 1.00 bits per heavy atom. The molecule has 0 aromatic heterocycles. The van der Waals surface area contributed by atoms with Crippen LogP contribution < -0.4 is 14.2 Å². The van der Waals surface area contributed by atoms with Crippen molar-refractivity contribution in [2.45, 2.75) is 6.61 Å². The first-order valence-electron chi connectivity index (χ1n) is 8.52. The van der Waals surface area contributed by atoms with E-state index < -0.39 is 0 Å². The van der Waals surface area contributed by atoms with Crippen molar-refractivity contribution in [2.24, 2.45) is 4.99 Å². The third-order valence-corrected chi connectivity index (χ3v) is 4.24. The van der Waals surface area contributed by atoms with Crippen LogP contribution in [0.25, 0.3) is 0 Å². The molecule has 0 unspecified atom stereocenters. The van der Waals surface area contributed by atoms with Gasteiger partial charge >= 0.3 is 0 Å². The van der Waals surface area contributed by atoms with Gasteiger partial charge in [-0.1, -0.05) is 23.7 Å². The zero-order valence-electron chi connectivity index (χ0n) is 15.5. The summed E-state index contributed by atoms with van der Waals surface area (Å²) in [6.45, 7) is 0.174. The number of methoxy groups -OCH3 is 2. The molecule has 3 aromatic carbocycles. The van der Waals surface area contributed by atoms with Gasteiger partial charge in [0, 0.05) is 6.21 Å². The summed E-state index contributed by atoms with van der Waals surface area (Å²) >= 11 is 6.37. The summed E-state index contributed by atoms with van der Waals surface area (Å²) in [5, 5.41) is 0.381. The largest absolute Gasteiger partial charge is 0.497 e. The molecule has 6 heteroatoms. The number of hydrogen-bond donors (Lipinski definition) is 0. The maximum absolute atomic E-state index is 13.3. The first-order valence-corrected chi connectivity index (χ1v) is 8.89. The van der Waals surface area contributed by atoms with Crippen molar-refractivity contribution in [3.8, 4) is 17.2 Å². The molecule has 0 saturated heterocycles. The first-order chi connectivity index (χ1) is 13.6. The fourth-order valence-corrected chi connectivity index (χ4v) is 2.83. The zero-order chi connectivity index (χ0) is 19.9. The van der Waals surface area contributed by atoms with Crippen LogP contribution in [-0.2, 0) is 6.61 Å². The van der Waals surface area contributed by atoms with Crippen LogP contribution in [0.2, 0.25) is 5.02 Å². The summed E-state index contributed by atoms with van der Waals surface area (Å²) in [5.74, 6) is 1.32. The standard InChI is InChI=1S/C22H19ClFNO3/c1-26-19-8-6-18(7-9-19)25-13-16-11-20(23)22(21(12-16)27-2)28-14-15-4-3-5-17(24)10-15/h3-13H,14H2,1-2H3. The molecule has 28 heavy (non-hydrogen) atoms. The maximum Gasteiger partial charge on any atom is 0.180 e. The molecule has 0 bridgehead atoms. The van der Waals surface area contributed by atoms with E-state index in [0.29, 0.717) is 22.1 Å². The molecule has 0 N–H and O–H groups in total. The molecule has 0 fully saturated rings. The van der Waals surface area contributed by atoms with Crippen molar-refractivity contribution in [1.82, 2.24) is 0 Å². The molecule has 0 saturated carbocycles. The molecule has 0 spiro atoms. The van der Waals surface area contributed by atoms with E-state index >= 15 is 0 Å². The van der Waals surface area contributed by atoms with Crippen LogP contribution in [0.15, 0.2) is 65.7 Å². The van der Waals surface area contributed by atoms with Crippen LogP contribution in [0.1, 0.15) is 11.1 Å². The highest BCUT2D eigenvalue weighted by molar-refractivity contribution is 6.32. The summed E-state index contributed by atoms with van der Waals surface area (Å²) in [6.07, 6.45) is 1.69. The lowest BCUT2D eigenvalue weighted by atomic mass is 10.2. The molecule has 0 atom stereocenters. The van der Waals surface area contributed by atoms with E-state index in [1.54, 1.807) is 37.6 Å². The summed E-state index contributed by atoms with van der Waals surface area (Å²) in [7, 11) is 3.15. The fourth-order valence-electron chi connectivity index (χ4n) is 2.55. The Bertz CT molecular complexity index is 974. The number of halogens is 2. The van der Waals surface area contributed by atoms with E-state index in [9.17, 15) is 4.39 Å². The molecule has 0 heterocycles. The monoisotopic (exact) mass is 399 g/mol. The SMILES string of the molecule is COc1ccc(N=Cc2cc(Cl)c(OCc3cccc(F)c3)c(OC)c2)cc1. The smallest absolute Gasteiger partial charge is 0.180 e. The van der Waals surface area contributed by atoms with Gasteiger partial charge in [0.05, 0.1) is 24.9 Å². The minimum atomic E-state index is -0.316. The second kappa shape index (κ2) is 9.24. The summed E-state index contributed by atoms with van der Waals surface area (Å²) in [4.78, 5) is 4.42. The molecule has 0 aliphatic heterocycles. The Labute approximate surface area is 168 Å². The van der Waals surface area contributed by atoms with Gasteiger partial charge in [-0.3, -0.25) is 4.99 Å². The van der Waals surface area contributed by atoms with Crippen LogP contribution in [0.3, 0.4) is 0 Å². The van der Waals surface area contributed by atoms with Gasteiger partial charge in [-0.25, -0.2) is 4.39 Å². The fraction of sp³-hybridized carbons (Fsp3) is 0.136. The Morgan fingerprint density at radius 2 is 1.79 bits per heavy atom. The molecule has 0 radical (unpaired) electrons. The van der Waals surface area contributed by atoms with E-state index in [0.717, 1.165) is 17.0 Å². The molecule has 3 aromatic rings. The van der Waals surface area contributed by atoms with Gasteiger partial charge in [0.2, 0.25) is 0 Å². The average molecular weight is 400 g/mol. The van der Waals surface area contributed by atoms with Crippen molar-refractivity contribution in [3.05, 3.63) is 82.6 Å². The lowest BCUT2D eigenvalue weighted by molar-refractivity contribution is 0.284. The topological polar surface area (TPSA) is 40.0 Å². The zero-order valence-corrected chi connectivity index (χ0v) is 16.2. The minimum absolute atomic E-state index is 0.174. The molecular weight excluding hydrogens is 381 g/mol. The normalized spacial score (nSPS) is 10.9. The summed E-state index contributed by atoms with van der Waals surface area (Å²) in [6, 6.07) is 17.1. The van der Waals surface area contributed by atoms with E-state index in [1.165, 1.54) is 19.2 Å². The van der Waals surface area contributed by atoms with Gasteiger partial charge in [-0.15, -0.1) is 0 Å². The predicted molar refractivity (Wildman–Crippen MR) is 109 cm³/mol. The number of ether oxygens (including phenoxy) is 3. The second-order valence-electron chi connectivity index (χ2n) is 5.91. The molecule has 3 rings (SSSR count). The molecule has 0 aliphatic carbocycles. The minimum Gasteiger partial charge on any atom is -0.497 e. The number of hydrogen-bond acceptors (Lipinski definition) is 4. The highest BCUT2D eigenvalue weighted by Gasteiger charge is 2.12. The van der Waals surface area contributed by atoms with Crippen LogP contribution in [0.4, 0.5) is 10.1 Å². The van der Waals surface area contributed by atoms with Crippen molar-refractivity contribution in [1.29, 1.82) is 0 Å². The van der Waals surface area contributed by atoms with E-state index in [4.69, 9.17) is 25.8 Å². The Kier molecular flexibility index (Phi) is 6.50. The first kappa shape index (κ1) is 19.7. The lowest BCUT2D eigenvalue weighted by Crippen LogP contribution is -2.00. The van der Waals surface area contributed by atoms with Crippen molar-refractivity contribution < 1.29 is 18.6 Å². The predicted octanol–water partition coefficient (Wildman–Crippen LogP) is 5.83. The van der Waals surface area contributed by atoms with E-state index in [1.807, 2.05) is 24.3 Å². The van der Waals surface area contributed by atoms with Crippen LogP contribution in [0.5, 0.6) is 17.2 Å². The van der Waals surface area contributed by atoms with E-state index in [2.05, 4.69) is 4.99 Å². The number of nitrogens with zero attached hydrogens (tertiary/aromatic N) is 1. The Morgan fingerprint density at radius 3 is 2.46 bits per heavy atom. The molecule has 144 valence electrons. The number of aliphatic imine (C=N–C) groups is 1. The maximum atomic E-state index is 13.3. The lowest BCUT2D eigenvalue weighted by Gasteiger charge is -2.13. The second-order valence-corrected chi connectivity index (χ2v) is 6.32. The van der Waals surface area contributed by atoms with Gasteiger partial charge in [0.1, 0.15) is 18.2 Å². The third kappa shape index (κ3) is 5.02. The van der Waals surface area contributed by atoms with Crippen LogP contribution in [0, 0.1) is 5.82 Å². The van der Waals surface area contributed by atoms with Crippen molar-refractivity contribution in [3.63, 3.8) is 0 Å². The van der Waals surface area contributed by atoms with Crippen LogP contribution >= 0.6 is 11.6 Å². The van der Waals surface area contributed by atoms with Crippen LogP contribution in [-0.4, -0.2) is 20.4 Å². The quantitative estimate of drug-likeness (QED) is 0.469. The van der Waals surface area contributed by atoms with Gasteiger partial charge in [0.25, 0.3) is 0 Å². The summed E-state index contributed by atoms with van der Waals surface area (Å²) in [5.41, 5.74) is 2.24. The highest BCUT2D eigenvalue weighted by atomic mass is 35.5. The van der Waals surface area contributed by atoms with Crippen molar-refractivity contribution in [2.75, 3.05) is 14.2 Å². The molecule has 0 aliphatic rings. The van der Waals surface area contributed by atoms with Gasteiger partial charge in [-0.05, 0) is 59.7 Å². The average Bonchev–Trinajstić information content (AvgIpc) is 2.71. The van der Waals surface area contributed by atoms with Crippen molar-refractivity contribution >= 4 is 23.5 Å². The number of rotatable bonds is 7. The van der Waals surface area contributed by atoms with Gasteiger partial charge in [0.15, 0.2) is 11.5 Å². The molecule has 0 amide bonds. The molecule has 4 nitrogen and oxygen atoms in total. The number of benzene rings is 3. The Balaban J connectivity index is 1.77. The Hall–Kier alpha value is -3.05. The third-order valence-electron chi connectivity index (χ3n) is 3.96. The summed E-state index contributed by atoms with van der Waals surface area (Å²) < 4.78 is 29.6.